The maximum atomic E-state index is 13.7. The molecule has 6 nitrogen and oxygen atoms in total. The molecule has 3 aromatic carbocycles. The lowest BCUT2D eigenvalue weighted by atomic mass is 9.97. The number of phenolic OH excluding ortho intramolecular Hbond substituents is 2. The second-order valence-corrected chi connectivity index (χ2v) is 10.1. The summed E-state index contributed by atoms with van der Waals surface area (Å²) < 4.78 is 6.44. The van der Waals surface area contributed by atoms with E-state index in [1.54, 1.807) is 66.7 Å². The van der Waals surface area contributed by atoms with Crippen LogP contribution in [0.1, 0.15) is 35.2 Å². The molecule has 0 aliphatic carbocycles. The molecule has 0 bridgehead atoms. The van der Waals surface area contributed by atoms with Crippen molar-refractivity contribution in [2.75, 3.05) is 26.2 Å². The minimum atomic E-state index is -0.183. The lowest BCUT2D eigenvalue weighted by Gasteiger charge is -2.45. The summed E-state index contributed by atoms with van der Waals surface area (Å²) in [5, 5.41) is 33.1. The number of hydrogen-bond acceptors (Lipinski definition) is 6. The number of ketones is 1. The van der Waals surface area contributed by atoms with Gasteiger partial charge >= 0.3 is 0 Å². The molecule has 2 heterocycles. The molecule has 8 heteroatoms. The predicted octanol–water partition coefficient (Wildman–Crippen LogP) is 6.51. The molecule has 36 heavy (non-hydrogen) atoms. The first-order chi connectivity index (χ1) is 16.9. The number of fused-ring (bicyclic) bond motifs is 1. The third-order valence-corrected chi connectivity index (χ3v) is 7.75. The fourth-order valence-electron chi connectivity index (χ4n) is 4.62. The molecule has 2 N–H and O–H groups in total. The highest BCUT2D eigenvalue weighted by Crippen LogP contribution is 2.41. The normalized spacial score (nSPS) is 14.8. The number of carbonyl (C=O) groups is 1. The van der Waals surface area contributed by atoms with Crippen molar-refractivity contribution in [3.05, 3.63) is 83.1 Å². The van der Waals surface area contributed by atoms with Crippen LogP contribution in [-0.4, -0.2) is 46.9 Å². The second-order valence-electron chi connectivity index (χ2n) is 9.03. The highest BCUT2D eigenvalue weighted by molar-refractivity contribution is 7.22. The molecule has 4 aromatic rings. The molecule has 1 aliphatic heterocycles. The lowest BCUT2D eigenvalue weighted by molar-refractivity contribution is -0.885. The number of halogens is 1. The first kappa shape index (κ1) is 26.0. The minimum Gasteiger partial charge on any atom is -0.633 e. The second kappa shape index (κ2) is 10.9. The number of carbonyl (C=O) groups excluding carboxylic acids is 1. The average Bonchev–Trinajstić information content (AvgIpc) is 3.23. The molecule has 0 atom stereocenters. The van der Waals surface area contributed by atoms with Crippen LogP contribution >= 0.6 is 23.7 Å². The quantitative estimate of drug-likeness (QED) is 0.163. The van der Waals surface area contributed by atoms with Gasteiger partial charge in [0.15, 0.2) is 5.78 Å². The van der Waals surface area contributed by atoms with Crippen molar-refractivity contribution in [1.82, 2.24) is 0 Å². The van der Waals surface area contributed by atoms with Gasteiger partial charge in [-0.3, -0.25) is 4.79 Å². The topological polar surface area (TPSA) is 89.8 Å². The maximum Gasteiger partial charge on any atom is 0.195 e. The van der Waals surface area contributed by atoms with Crippen molar-refractivity contribution in [3.63, 3.8) is 0 Å². The molecule has 1 aliphatic rings. The van der Waals surface area contributed by atoms with E-state index in [0.717, 1.165) is 39.8 Å². The fraction of sp³-hybridized carbons (Fsp3) is 0.250. The first-order valence-electron chi connectivity index (χ1n) is 11.8. The van der Waals surface area contributed by atoms with Crippen molar-refractivity contribution in [3.8, 4) is 27.7 Å². The number of hydroxylamine groups is 3. The number of phenols is 2. The highest BCUT2D eigenvalue weighted by atomic mass is 35.5. The monoisotopic (exact) mass is 525 g/mol. The van der Waals surface area contributed by atoms with Gasteiger partial charge in [0.2, 0.25) is 0 Å². The third-order valence-electron chi connectivity index (χ3n) is 6.55. The molecular weight excluding hydrogens is 498 g/mol. The van der Waals surface area contributed by atoms with Gasteiger partial charge in [0.1, 0.15) is 30.4 Å². The molecule has 0 saturated carbocycles. The Kier molecular flexibility index (Phi) is 7.85. The Balaban J connectivity index is 0.00000304. The van der Waals surface area contributed by atoms with E-state index < -0.39 is 0 Å². The van der Waals surface area contributed by atoms with E-state index in [2.05, 4.69) is 0 Å². The van der Waals surface area contributed by atoms with Gasteiger partial charge in [0.05, 0.1) is 13.1 Å². The number of piperidine rings is 1. The maximum absolute atomic E-state index is 13.7. The smallest absolute Gasteiger partial charge is 0.195 e. The predicted molar refractivity (Wildman–Crippen MR) is 145 cm³/mol. The molecule has 188 valence electrons. The summed E-state index contributed by atoms with van der Waals surface area (Å²) >= 11 is 1.43. The van der Waals surface area contributed by atoms with Crippen molar-refractivity contribution in [1.29, 1.82) is 0 Å². The van der Waals surface area contributed by atoms with E-state index in [1.165, 1.54) is 11.3 Å². The molecule has 0 radical (unpaired) electrons. The van der Waals surface area contributed by atoms with Crippen molar-refractivity contribution < 1.29 is 24.4 Å². The Morgan fingerprint density at radius 2 is 1.58 bits per heavy atom. The van der Waals surface area contributed by atoms with Crippen molar-refractivity contribution in [2.45, 2.75) is 19.3 Å². The minimum absolute atomic E-state index is 0. The molecule has 0 spiro atoms. The molecular formula is C28H28ClNO5S. The Hall–Kier alpha value is -3.10. The van der Waals surface area contributed by atoms with E-state index in [-0.39, 0.29) is 34.3 Å². The molecule has 5 rings (SSSR count). The fourth-order valence-corrected chi connectivity index (χ4v) is 5.85. The van der Waals surface area contributed by atoms with Gasteiger partial charge in [0.25, 0.3) is 0 Å². The van der Waals surface area contributed by atoms with Crippen LogP contribution in [0.4, 0.5) is 0 Å². The summed E-state index contributed by atoms with van der Waals surface area (Å²) in [6.45, 7) is 2.10. The standard InChI is InChI=1S/C28H27NO5S.ClH/c30-21-8-4-20(5-9-21)28-26(24-13-10-22(31)18-25(24)35-28)27(32)19-6-11-23(12-7-19)34-17-16-29(33)14-2-1-3-15-29;/h4-13,18,30-31H,1-3,14-17H2;1H. The zero-order chi connectivity index (χ0) is 24.4. The van der Waals surface area contributed by atoms with Crippen molar-refractivity contribution in [2.24, 2.45) is 0 Å². The van der Waals surface area contributed by atoms with Gasteiger partial charge in [-0.1, -0.05) is 0 Å². The molecule has 0 amide bonds. The van der Waals surface area contributed by atoms with Crippen LogP contribution in [0.5, 0.6) is 17.2 Å². The Morgan fingerprint density at radius 1 is 0.917 bits per heavy atom. The number of thiophene rings is 1. The van der Waals surface area contributed by atoms with Crippen LogP contribution in [0.15, 0.2) is 66.7 Å². The van der Waals surface area contributed by atoms with Crippen LogP contribution in [0.3, 0.4) is 0 Å². The van der Waals surface area contributed by atoms with Crippen LogP contribution in [0.25, 0.3) is 20.5 Å². The highest BCUT2D eigenvalue weighted by Gasteiger charge is 2.23. The Labute approximate surface area is 220 Å². The average molecular weight is 526 g/mol. The van der Waals surface area contributed by atoms with E-state index in [4.69, 9.17) is 4.74 Å². The van der Waals surface area contributed by atoms with Crippen LogP contribution in [-0.2, 0) is 0 Å². The largest absolute Gasteiger partial charge is 0.633 e. The zero-order valence-electron chi connectivity index (χ0n) is 19.7. The number of quaternary nitrogens is 1. The van der Waals surface area contributed by atoms with E-state index in [9.17, 15) is 20.2 Å². The third kappa shape index (κ3) is 5.50. The summed E-state index contributed by atoms with van der Waals surface area (Å²) in [5.41, 5.74) is 1.90. The van der Waals surface area contributed by atoms with Gasteiger partial charge in [0, 0.05) is 26.1 Å². The Bertz CT molecular complexity index is 1350. The molecule has 1 aromatic heterocycles. The van der Waals surface area contributed by atoms with Crippen LogP contribution < -0.4 is 4.74 Å². The van der Waals surface area contributed by atoms with Gasteiger partial charge in [-0.25, -0.2) is 0 Å². The summed E-state index contributed by atoms with van der Waals surface area (Å²) in [6.07, 6.45) is 3.08. The van der Waals surface area contributed by atoms with Crippen LogP contribution in [0.2, 0.25) is 0 Å². The number of rotatable bonds is 7. The van der Waals surface area contributed by atoms with E-state index >= 15 is 0 Å². The Morgan fingerprint density at radius 3 is 2.28 bits per heavy atom. The number of aromatic hydroxyl groups is 2. The zero-order valence-corrected chi connectivity index (χ0v) is 21.3. The van der Waals surface area contributed by atoms with Gasteiger partial charge in [-0.05, 0) is 91.6 Å². The number of hydrogen-bond donors (Lipinski definition) is 2. The summed E-state index contributed by atoms with van der Waals surface area (Å²) in [4.78, 5) is 14.4. The first-order valence-corrected chi connectivity index (χ1v) is 12.6. The summed E-state index contributed by atoms with van der Waals surface area (Å²) in [6, 6.07) is 18.8. The van der Waals surface area contributed by atoms with Crippen molar-refractivity contribution >= 4 is 39.6 Å². The number of ether oxygens (including phenoxy) is 1. The lowest BCUT2D eigenvalue weighted by Crippen LogP contribution is -2.48. The summed E-state index contributed by atoms with van der Waals surface area (Å²) in [7, 11) is 0. The van der Waals surface area contributed by atoms with Crippen LogP contribution in [0, 0.1) is 5.21 Å². The van der Waals surface area contributed by atoms with E-state index in [1.807, 2.05) is 0 Å². The van der Waals surface area contributed by atoms with Gasteiger partial charge in [-0.15, -0.1) is 23.7 Å². The molecule has 1 saturated heterocycles. The molecule has 0 unspecified atom stereocenters. The number of likely N-dealkylation sites (tertiary alicyclic amines) is 1. The van der Waals surface area contributed by atoms with Gasteiger partial charge in [-0.2, -0.15) is 0 Å². The summed E-state index contributed by atoms with van der Waals surface area (Å²) in [5.74, 6) is 0.794. The van der Waals surface area contributed by atoms with Gasteiger partial charge < -0.3 is 24.8 Å². The SMILES string of the molecule is Cl.O=C(c1ccc(OCC[N+]2([O-])CCCCC2)cc1)c1c(-c2ccc(O)cc2)sc2cc(O)ccc12. The number of benzene rings is 3. The molecule has 1 fully saturated rings. The van der Waals surface area contributed by atoms with E-state index in [0.29, 0.717) is 43.1 Å². The number of nitrogens with zero attached hydrogens (tertiary/aromatic N) is 1.